The highest BCUT2D eigenvalue weighted by atomic mass is 127. The number of rotatable bonds is 0. The molecule has 2 unspecified atom stereocenters. The van der Waals surface area contributed by atoms with E-state index in [1.54, 1.807) is 0 Å². The first-order valence-electron chi connectivity index (χ1n) is 3.68. The molecule has 4 heteroatoms. The molecule has 0 spiro atoms. The van der Waals surface area contributed by atoms with Crippen LogP contribution in [0.1, 0.15) is 12.8 Å². The molecule has 0 amide bonds. The lowest BCUT2D eigenvalue weighted by Gasteiger charge is -2.15. The SMILES string of the molecule is C[P+]1(I)OCC2CCCN21. The molecule has 10 heavy (non-hydrogen) atoms. The first-order valence-corrected chi connectivity index (χ1v) is 8.57. The number of halogens is 1. The Bertz CT molecular complexity index is 153. The van der Waals surface area contributed by atoms with E-state index in [1.165, 1.54) is 19.4 Å². The number of nitrogens with zero attached hydrogens (tertiary/aromatic N) is 1. The fourth-order valence-corrected chi connectivity index (χ4v) is 5.80. The zero-order valence-corrected chi connectivity index (χ0v) is 9.14. The smallest absolute Gasteiger partial charge is 0.208 e. The monoisotopic (exact) mass is 272 g/mol. The molecule has 2 nitrogen and oxygen atoms in total. The van der Waals surface area contributed by atoms with Crippen LogP contribution in [0.3, 0.4) is 0 Å². The Kier molecular flexibility index (Phi) is 1.96. The van der Waals surface area contributed by atoms with Crippen LogP contribution in [-0.2, 0) is 4.52 Å². The van der Waals surface area contributed by atoms with Gasteiger partial charge in [-0.25, -0.2) is 4.52 Å². The minimum absolute atomic E-state index is 0.773. The molecule has 2 fully saturated rings. The van der Waals surface area contributed by atoms with Crippen molar-refractivity contribution in [3.63, 3.8) is 0 Å². The Labute approximate surface area is 75.3 Å². The van der Waals surface area contributed by atoms with Crippen LogP contribution in [0.5, 0.6) is 0 Å². The van der Waals surface area contributed by atoms with Crippen molar-refractivity contribution < 1.29 is 4.52 Å². The second kappa shape index (κ2) is 2.54. The minimum Gasteiger partial charge on any atom is -0.208 e. The molecule has 0 aromatic carbocycles. The van der Waals surface area contributed by atoms with E-state index in [0.717, 1.165) is 12.6 Å². The van der Waals surface area contributed by atoms with Gasteiger partial charge in [-0.1, -0.05) is 0 Å². The third-order valence-corrected chi connectivity index (χ3v) is 6.87. The van der Waals surface area contributed by atoms with E-state index in [-0.39, 0.29) is 0 Å². The molecular formula is C6H12INOP+. The summed E-state index contributed by atoms with van der Waals surface area (Å²) in [6.45, 7) is 4.53. The number of fused-ring (bicyclic) bond motifs is 1. The van der Waals surface area contributed by atoms with Gasteiger partial charge in [-0.2, -0.15) is 0 Å². The van der Waals surface area contributed by atoms with Gasteiger partial charge in [0.15, 0.2) is 0 Å². The third-order valence-electron chi connectivity index (χ3n) is 2.31. The maximum Gasteiger partial charge on any atom is 0.272 e. The van der Waals surface area contributed by atoms with Gasteiger partial charge in [-0.3, -0.25) is 0 Å². The van der Waals surface area contributed by atoms with Gasteiger partial charge < -0.3 is 0 Å². The number of hydrogen-bond donors (Lipinski definition) is 0. The maximum absolute atomic E-state index is 5.73. The van der Waals surface area contributed by atoms with Gasteiger partial charge >= 0.3 is 0 Å². The standard InChI is InChI=1S/C6H12INOP/c1-10(7)8-4-2-3-6(8)5-9-10/h6H,2-5H2,1H3/q+1. The predicted molar refractivity (Wildman–Crippen MR) is 52.5 cm³/mol. The van der Waals surface area contributed by atoms with Crippen LogP contribution in [0.4, 0.5) is 0 Å². The summed E-state index contributed by atoms with van der Waals surface area (Å²) in [6, 6.07) is 0.773. The van der Waals surface area contributed by atoms with E-state index in [9.17, 15) is 0 Å². The molecule has 2 saturated heterocycles. The predicted octanol–water partition coefficient (Wildman–Crippen LogP) is 2.31. The van der Waals surface area contributed by atoms with Crippen LogP contribution in [-0.4, -0.2) is 30.5 Å². The fourth-order valence-electron chi connectivity index (χ4n) is 1.76. The molecule has 0 aromatic rings. The largest absolute Gasteiger partial charge is 0.272 e. The molecule has 0 bridgehead atoms. The molecule has 2 heterocycles. The topological polar surface area (TPSA) is 12.5 Å². The van der Waals surface area contributed by atoms with Gasteiger partial charge in [0.25, 0.3) is 5.28 Å². The van der Waals surface area contributed by atoms with E-state index in [1.807, 2.05) is 0 Å². The molecule has 2 atom stereocenters. The Morgan fingerprint density at radius 3 is 3.20 bits per heavy atom. The van der Waals surface area contributed by atoms with E-state index < -0.39 is 5.28 Å². The highest BCUT2D eigenvalue weighted by Crippen LogP contribution is 2.72. The van der Waals surface area contributed by atoms with Gasteiger partial charge in [0.1, 0.15) is 6.61 Å². The van der Waals surface area contributed by atoms with Gasteiger partial charge in [-0.15, -0.1) is 4.67 Å². The molecule has 2 aliphatic heterocycles. The first-order chi connectivity index (χ1) is 4.70. The Hall–Kier alpha value is 1.08. The summed E-state index contributed by atoms with van der Waals surface area (Å²) in [4.78, 5) is 0. The molecule has 2 rings (SSSR count). The van der Waals surface area contributed by atoms with Gasteiger partial charge in [0.2, 0.25) is 22.0 Å². The van der Waals surface area contributed by atoms with Crippen molar-refractivity contribution in [3.05, 3.63) is 0 Å². The fraction of sp³-hybridized carbons (Fsp3) is 1.00. The summed E-state index contributed by atoms with van der Waals surface area (Å²) < 4.78 is 8.31. The normalized spacial score (nSPS) is 48.0. The molecule has 2 aliphatic rings. The van der Waals surface area contributed by atoms with Gasteiger partial charge in [0.05, 0.1) is 12.7 Å². The summed E-state index contributed by atoms with van der Waals surface area (Å²) in [5, 5.41) is -1.09. The maximum atomic E-state index is 5.73. The molecule has 0 radical (unpaired) electrons. The van der Waals surface area contributed by atoms with E-state index in [0.29, 0.717) is 0 Å². The van der Waals surface area contributed by atoms with Crippen molar-refractivity contribution in [2.45, 2.75) is 18.9 Å². The van der Waals surface area contributed by atoms with Crippen molar-refractivity contribution in [1.29, 1.82) is 0 Å². The highest BCUT2D eigenvalue weighted by molar-refractivity contribution is 14.2. The van der Waals surface area contributed by atoms with Crippen molar-refractivity contribution in [2.75, 3.05) is 19.8 Å². The molecular weight excluding hydrogens is 260 g/mol. The molecule has 0 N–H and O–H groups in total. The zero-order valence-electron chi connectivity index (χ0n) is 6.09. The lowest BCUT2D eigenvalue weighted by molar-refractivity contribution is 0.341. The number of hydrogen-bond acceptors (Lipinski definition) is 2. The Morgan fingerprint density at radius 2 is 2.50 bits per heavy atom. The lowest BCUT2D eigenvalue weighted by atomic mass is 10.2. The summed E-state index contributed by atoms with van der Waals surface area (Å²) in [6.07, 6.45) is 2.74. The summed E-state index contributed by atoms with van der Waals surface area (Å²) in [5.41, 5.74) is 0. The average Bonchev–Trinajstić information content (AvgIpc) is 2.36. The average molecular weight is 272 g/mol. The van der Waals surface area contributed by atoms with Crippen molar-refractivity contribution in [1.82, 2.24) is 4.67 Å². The highest BCUT2D eigenvalue weighted by Gasteiger charge is 2.52. The molecule has 0 saturated carbocycles. The van der Waals surface area contributed by atoms with Crippen LogP contribution >= 0.6 is 27.3 Å². The van der Waals surface area contributed by atoms with Crippen LogP contribution in [0, 0.1) is 0 Å². The van der Waals surface area contributed by atoms with Crippen molar-refractivity contribution >= 4 is 27.3 Å². The molecule has 0 aromatic heterocycles. The van der Waals surface area contributed by atoms with E-state index in [4.69, 9.17) is 4.52 Å². The van der Waals surface area contributed by atoms with Crippen LogP contribution < -0.4 is 0 Å². The second-order valence-electron chi connectivity index (χ2n) is 3.03. The van der Waals surface area contributed by atoms with Crippen molar-refractivity contribution in [2.24, 2.45) is 0 Å². The van der Waals surface area contributed by atoms with Crippen LogP contribution in [0.15, 0.2) is 0 Å². The van der Waals surface area contributed by atoms with Gasteiger partial charge in [0, 0.05) is 6.54 Å². The summed E-state index contributed by atoms with van der Waals surface area (Å²) >= 11 is 2.50. The van der Waals surface area contributed by atoms with Crippen LogP contribution in [0.25, 0.3) is 0 Å². The molecule has 58 valence electrons. The van der Waals surface area contributed by atoms with Gasteiger partial charge in [-0.05, 0) is 12.8 Å². The Morgan fingerprint density at radius 1 is 1.70 bits per heavy atom. The van der Waals surface area contributed by atoms with Crippen LogP contribution in [0.2, 0.25) is 0 Å². The Balaban J connectivity index is 2.16. The quantitative estimate of drug-likeness (QED) is 0.495. The summed E-state index contributed by atoms with van der Waals surface area (Å²) in [5.74, 6) is 0. The minimum atomic E-state index is -1.09. The lowest BCUT2D eigenvalue weighted by Crippen LogP contribution is -2.20. The van der Waals surface area contributed by atoms with Crippen molar-refractivity contribution in [3.8, 4) is 0 Å². The first kappa shape index (κ1) is 7.71. The second-order valence-corrected chi connectivity index (χ2v) is 10.7. The van der Waals surface area contributed by atoms with E-state index in [2.05, 4.69) is 33.4 Å². The summed E-state index contributed by atoms with van der Waals surface area (Å²) in [7, 11) is 0. The zero-order chi connectivity index (χ0) is 7.19. The molecule has 0 aliphatic carbocycles. The third kappa shape index (κ3) is 1.11. The van der Waals surface area contributed by atoms with E-state index >= 15 is 0 Å².